The number of hydrogen-bond acceptors (Lipinski definition) is 3. The van der Waals surface area contributed by atoms with Crippen LogP contribution in [0.3, 0.4) is 0 Å². The van der Waals surface area contributed by atoms with E-state index >= 15 is 0 Å². The van der Waals surface area contributed by atoms with Crippen molar-refractivity contribution in [2.45, 2.75) is 11.4 Å². The predicted octanol–water partition coefficient (Wildman–Crippen LogP) is 4.38. The van der Waals surface area contributed by atoms with Crippen molar-refractivity contribution in [2.75, 3.05) is 11.6 Å². The summed E-state index contributed by atoms with van der Waals surface area (Å²) in [4.78, 5) is 1.26. The van der Waals surface area contributed by atoms with Gasteiger partial charge in [-0.3, -0.25) is 0 Å². The van der Waals surface area contributed by atoms with Crippen LogP contribution in [-0.2, 0) is 6.54 Å². The lowest BCUT2D eigenvalue weighted by Gasteiger charge is -2.08. The standard InChI is InChI=1S/C14H14ClNOS/c1-18-12-5-2-10(3-6-12)9-16-11-4-7-14(17)13(15)8-11/h2-8,16-17H,9H2,1H3. The second-order valence-electron chi connectivity index (χ2n) is 3.87. The van der Waals surface area contributed by atoms with E-state index in [1.54, 1.807) is 30.0 Å². The fourth-order valence-electron chi connectivity index (χ4n) is 1.56. The third-order valence-corrected chi connectivity index (χ3v) is 3.65. The average Bonchev–Trinajstić information content (AvgIpc) is 2.41. The van der Waals surface area contributed by atoms with Crippen LogP contribution in [0.5, 0.6) is 5.75 Å². The van der Waals surface area contributed by atoms with Gasteiger partial charge in [-0.05, 0) is 42.2 Å². The first-order valence-corrected chi connectivity index (χ1v) is 7.14. The lowest BCUT2D eigenvalue weighted by atomic mass is 10.2. The highest BCUT2D eigenvalue weighted by molar-refractivity contribution is 7.98. The molecule has 0 fully saturated rings. The van der Waals surface area contributed by atoms with Crippen LogP contribution < -0.4 is 5.32 Å². The van der Waals surface area contributed by atoms with Crippen molar-refractivity contribution in [3.05, 3.63) is 53.1 Å². The van der Waals surface area contributed by atoms with Gasteiger partial charge in [0, 0.05) is 17.1 Å². The Labute approximate surface area is 116 Å². The molecule has 2 nitrogen and oxygen atoms in total. The molecular formula is C14H14ClNOS. The van der Waals surface area contributed by atoms with Gasteiger partial charge >= 0.3 is 0 Å². The summed E-state index contributed by atoms with van der Waals surface area (Å²) in [6, 6.07) is 13.5. The van der Waals surface area contributed by atoms with E-state index in [-0.39, 0.29) is 5.75 Å². The van der Waals surface area contributed by atoms with E-state index in [2.05, 4.69) is 35.8 Å². The summed E-state index contributed by atoms with van der Waals surface area (Å²) in [5.74, 6) is 0.103. The molecule has 0 aliphatic heterocycles. The van der Waals surface area contributed by atoms with Crippen LogP contribution in [0.25, 0.3) is 0 Å². The summed E-state index contributed by atoms with van der Waals surface area (Å²) in [7, 11) is 0. The molecule has 94 valence electrons. The second-order valence-corrected chi connectivity index (χ2v) is 5.15. The Bertz CT molecular complexity index is 528. The largest absolute Gasteiger partial charge is 0.506 e. The molecule has 0 aliphatic rings. The van der Waals surface area contributed by atoms with Gasteiger partial charge in [-0.2, -0.15) is 0 Å². The van der Waals surface area contributed by atoms with Gasteiger partial charge in [-0.25, -0.2) is 0 Å². The summed E-state index contributed by atoms with van der Waals surface area (Å²) >= 11 is 7.57. The van der Waals surface area contributed by atoms with Crippen LogP contribution in [0.4, 0.5) is 5.69 Å². The molecule has 18 heavy (non-hydrogen) atoms. The molecule has 2 aromatic rings. The van der Waals surface area contributed by atoms with Gasteiger partial charge in [0.15, 0.2) is 0 Å². The number of aromatic hydroxyl groups is 1. The van der Waals surface area contributed by atoms with Gasteiger partial charge < -0.3 is 10.4 Å². The lowest BCUT2D eigenvalue weighted by Crippen LogP contribution is -1.98. The van der Waals surface area contributed by atoms with Gasteiger partial charge in [-0.1, -0.05) is 23.7 Å². The monoisotopic (exact) mass is 279 g/mol. The van der Waals surface area contributed by atoms with Crippen LogP contribution in [0.2, 0.25) is 5.02 Å². The molecule has 0 saturated carbocycles. The SMILES string of the molecule is CSc1ccc(CNc2ccc(O)c(Cl)c2)cc1. The highest BCUT2D eigenvalue weighted by atomic mass is 35.5. The molecule has 0 aromatic heterocycles. The molecule has 0 saturated heterocycles. The second kappa shape index (κ2) is 6.03. The summed E-state index contributed by atoms with van der Waals surface area (Å²) < 4.78 is 0. The van der Waals surface area contributed by atoms with E-state index in [1.807, 2.05) is 0 Å². The van der Waals surface area contributed by atoms with Crippen molar-refractivity contribution < 1.29 is 5.11 Å². The number of phenols is 1. The van der Waals surface area contributed by atoms with Gasteiger partial charge in [-0.15, -0.1) is 11.8 Å². The number of halogens is 1. The van der Waals surface area contributed by atoms with E-state index in [0.29, 0.717) is 5.02 Å². The van der Waals surface area contributed by atoms with Crippen molar-refractivity contribution in [3.8, 4) is 5.75 Å². The molecule has 0 bridgehead atoms. The fraction of sp³-hybridized carbons (Fsp3) is 0.143. The molecule has 0 amide bonds. The molecule has 2 rings (SSSR count). The number of nitrogens with one attached hydrogen (secondary N) is 1. The maximum absolute atomic E-state index is 9.32. The number of phenolic OH excluding ortho intramolecular Hbond substituents is 1. The number of benzene rings is 2. The molecule has 0 spiro atoms. The van der Waals surface area contributed by atoms with Gasteiger partial charge in [0.05, 0.1) is 5.02 Å². The van der Waals surface area contributed by atoms with E-state index < -0.39 is 0 Å². The number of anilines is 1. The Kier molecular flexibility index (Phi) is 4.39. The Hall–Kier alpha value is -1.32. The Morgan fingerprint density at radius 3 is 2.50 bits per heavy atom. The summed E-state index contributed by atoms with van der Waals surface area (Å²) in [5.41, 5.74) is 2.10. The zero-order valence-electron chi connectivity index (χ0n) is 9.98. The Balaban J connectivity index is 1.99. The minimum Gasteiger partial charge on any atom is -0.506 e. The first kappa shape index (κ1) is 13.1. The first-order valence-electron chi connectivity index (χ1n) is 5.54. The van der Waals surface area contributed by atoms with Crippen LogP contribution in [-0.4, -0.2) is 11.4 Å². The molecule has 4 heteroatoms. The van der Waals surface area contributed by atoms with E-state index in [1.165, 1.54) is 10.5 Å². The fourth-order valence-corrected chi connectivity index (χ4v) is 2.15. The third kappa shape index (κ3) is 3.34. The Morgan fingerprint density at radius 1 is 1.17 bits per heavy atom. The average molecular weight is 280 g/mol. The molecule has 0 aliphatic carbocycles. The van der Waals surface area contributed by atoms with Crippen LogP contribution in [0.15, 0.2) is 47.4 Å². The lowest BCUT2D eigenvalue weighted by molar-refractivity contribution is 0.475. The van der Waals surface area contributed by atoms with Gasteiger partial charge in [0.2, 0.25) is 0 Å². The number of hydrogen-bond donors (Lipinski definition) is 2. The topological polar surface area (TPSA) is 32.3 Å². The quantitative estimate of drug-likeness (QED) is 0.643. The minimum atomic E-state index is 0.103. The molecule has 0 unspecified atom stereocenters. The third-order valence-electron chi connectivity index (χ3n) is 2.60. The van der Waals surface area contributed by atoms with Crippen molar-refractivity contribution in [2.24, 2.45) is 0 Å². The van der Waals surface area contributed by atoms with Crippen molar-refractivity contribution in [1.29, 1.82) is 0 Å². The minimum absolute atomic E-state index is 0.103. The Morgan fingerprint density at radius 2 is 1.89 bits per heavy atom. The van der Waals surface area contributed by atoms with Gasteiger partial charge in [0.1, 0.15) is 5.75 Å². The number of thioether (sulfide) groups is 1. The molecule has 2 aromatic carbocycles. The zero-order valence-corrected chi connectivity index (χ0v) is 11.6. The van der Waals surface area contributed by atoms with Crippen LogP contribution >= 0.6 is 23.4 Å². The van der Waals surface area contributed by atoms with Crippen molar-refractivity contribution in [3.63, 3.8) is 0 Å². The molecule has 2 N–H and O–H groups in total. The van der Waals surface area contributed by atoms with Crippen molar-refractivity contribution in [1.82, 2.24) is 0 Å². The summed E-state index contributed by atoms with van der Waals surface area (Å²) in [6.07, 6.45) is 2.06. The number of rotatable bonds is 4. The zero-order chi connectivity index (χ0) is 13.0. The highest BCUT2D eigenvalue weighted by Gasteiger charge is 2.00. The van der Waals surface area contributed by atoms with E-state index in [9.17, 15) is 5.11 Å². The maximum Gasteiger partial charge on any atom is 0.134 e. The molecular weight excluding hydrogens is 266 g/mol. The smallest absolute Gasteiger partial charge is 0.134 e. The van der Waals surface area contributed by atoms with Crippen LogP contribution in [0.1, 0.15) is 5.56 Å². The summed E-state index contributed by atoms with van der Waals surface area (Å²) in [6.45, 7) is 0.732. The van der Waals surface area contributed by atoms with E-state index in [0.717, 1.165) is 12.2 Å². The maximum atomic E-state index is 9.32. The molecule has 0 atom stereocenters. The highest BCUT2D eigenvalue weighted by Crippen LogP contribution is 2.26. The van der Waals surface area contributed by atoms with Crippen molar-refractivity contribution >= 4 is 29.1 Å². The van der Waals surface area contributed by atoms with Gasteiger partial charge in [0.25, 0.3) is 0 Å². The predicted molar refractivity (Wildman–Crippen MR) is 78.7 cm³/mol. The molecule has 0 radical (unpaired) electrons. The normalized spacial score (nSPS) is 10.3. The summed E-state index contributed by atoms with van der Waals surface area (Å²) in [5, 5.41) is 12.9. The van der Waals surface area contributed by atoms with Crippen LogP contribution in [0, 0.1) is 0 Å². The molecule has 0 heterocycles. The first-order chi connectivity index (χ1) is 8.69. The van der Waals surface area contributed by atoms with E-state index in [4.69, 9.17) is 11.6 Å².